The zero-order valence-corrected chi connectivity index (χ0v) is 12.4. The van der Waals surface area contributed by atoms with Crippen LogP contribution in [0.2, 0.25) is 0 Å². The summed E-state index contributed by atoms with van der Waals surface area (Å²) in [5.41, 5.74) is 0. The Balaban J connectivity index is 2.23. The van der Waals surface area contributed by atoms with E-state index in [4.69, 9.17) is 0 Å². The van der Waals surface area contributed by atoms with Gasteiger partial charge in [-0.3, -0.25) is 0 Å². The first-order valence-electron chi connectivity index (χ1n) is 7.16. The number of nitrogens with one attached hydrogen (secondary N) is 1. The Hall–Kier alpha value is -1.36. The molecule has 0 bridgehead atoms. The fourth-order valence-electron chi connectivity index (χ4n) is 2.50. The van der Waals surface area contributed by atoms with Crippen LogP contribution in [0.15, 0.2) is 12.3 Å². The fourth-order valence-corrected chi connectivity index (χ4v) is 2.50. The number of anilines is 2. The van der Waals surface area contributed by atoms with Crippen molar-refractivity contribution in [3.63, 3.8) is 0 Å². The summed E-state index contributed by atoms with van der Waals surface area (Å²) in [7, 11) is 3.95. The van der Waals surface area contributed by atoms with Gasteiger partial charge in [0.25, 0.3) is 0 Å². The van der Waals surface area contributed by atoms with E-state index in [1.54, 1.807) is 0 Å². The largest absolute Gasteiger partial charge is 0.351 e. The summed E-state index contributed by atoms with van der Waals surface area (Å²) in [6.07, 6.45) is 4.14. The first kappa shape index (κ1) is 14.1. The summed E-state index contributed by atoms with van der Waals surface area (Å²) in [4.78, 5) is 13.4. The molecule has 2 heterocycles. The fraction of sp³-hybridized carbons (Fsp3) is 0.714. The van der Waals surface area contributed by atoms with Crippen molar-refractivity contribution in [3.05, 3.63) is 12.3 Å². The molecule has 5 nitrogen and oxygen atoms in total. The summed E-state index contributed by atoms with van der Waals surface area (Å²) >= 11 is 0. The molecule has 0 amide bonds. The van der Waals surface area contributed by atoms with Crippen LogP contribution in [-0.4, -0.2) is 49.2 Å². The van der Waals surface area contributed by atoms with E-state index in [1.807, 2.05) is 31.3 Å². The maximum Gasteiger partial charge on any atom is 0.226 e. The molecule has 1 aliphatic heterocycles. The Morgan fingerprint density at radius 2 is 2.16 bits per heavy atom. The van der Waals surface area contributed by atoms with Crippen LogP contribution >= 0.6 is 0 Å². The van der Waals surface area contributed by atoms with E-state index in [9.17, 15) is 0 Å². The molecule has 1 aliphatic rings. The van der Waals surface area contributed by atoms with Gasteiger partial charge in [-0.25, -0.2) is 4.98 Å². The van der Waals surface area contributed by atoms with Gasteiger partial charge in [-0.15, -0.1) is 0 Å². The van der Waals surface area contributed by atoms with Crippen molar-refractivity contribution in [3.8, 4) is 0 Å². The van der Waals surface area contributed by atoms with Crippen LogP contribution in [0.5, 0.6) is 0 Å². The van der Waals surface area contributed by atoms with Gasteiger partial charge in [0.1, 0.15) is 5.82 Å². The minimum Gasteiger partial charge on any atom is -0.351 e. The maximum atomic E-state index is 4.68. The van der Waals surface area contributed by atoms with Crippen molar-refractivity contribution in [2.75, 3.05) is 37.0 Å². The molecule has 2 unspecified atom stereocenters. The second-order valence-electron chi connectivity index (χ2n) is 5.34. The van der Waals surface area contributed by atoms with E-state index >= 15 is 0 Å². The van der Waals surface area contributed by atoms with E-state index in [2.05, 4.69) is 34.0 Å². The summed E-state index contributed by atoms with van der Waals surface area (Å²) in [6, 6.07) is 3.10. The van der Waals surface area contributed by atoms with Gasteiger partial charge in [0.05, 0.1) is 0 Å². The highest BCUT2D eigenvalue weighted by Crippen LogP contribution is 2.21. The Labute approximate surface area is 116 Å². The standard InChI is InChI=1S/C14H25N5/c1-5-11-10-19(12(6-2)9-16-11)13-7-8-15-14(17-13)18(3)4/h7-8,11-12,16H,5-6,9-10H2,1-4H3. The van der Waals surface area contributed by atoms with Crippen LogP contribution in [-0.2, 0) is 0 Å². The Kier molecular flexibility index (Phi) is 4.58. The highest BCUT2D eigenvalue weighted by molar-refractivity contribution is 5.45. The third kappa shape index (κ3) is 3.15. The quantitative estimate of drug-likeness (QED) is 0.892. The van der Waals surface area contributed by atoms with E-state index in [-0.39, 0.29) is 0 Å². The highest BCUT2D eigenvalue weighted by Gasteiger charge is 2.27. The molecule has 0 saturated carbocycles. The van der Waals surface area contributed by atoms with Crippen LogP contribution < -0.4 is 15.1 Å². The molecule has 1 aromatic heterocycles. The van der Waals surface area contributed by atoms with Crippen LogP contribution in [0.1, 0.15) is 26.7 Å². The first-order valence-corrected chi connectivity index (χ1v) is 7.16. The zero-order valence-electron chi connectivity index (χ0n) is 12.4. The van der Waals surface area contributed by atoms with Gasteiger partial charge in [0.2, 0.25) is 5.95 Å². The van der Waals surface area contributed by atoms with E-state index in [0.29, 0.717) is 12.1 Å². The number of hydrogen-bond acceptors (Lipinski definition) is 5. The van der Waals surface area contributed by atoms with Crippen molar-refractivity contribution in [2.24, 2.45) is 0 Å². The average molecular weight is 263 g/mol. The van der Waals surface area contributed by atoms with Gasteiger partial charge in [-0.2, -0.15) is 4.98 Å². The minimum absolute atomic E-state index is 0.521. The molecular weight excluding hydrogens is 238 g/mol. The van der Waals surface area contributed by atoms with Crippen molar-refractivity contribution in [1.29, 1.82) is 0 Å². The molecule has 19 heavy (non-hydrogen) atoms. The number of piperazine rings is 1. The van der Waals surface area contributed by atoms with Crippen LogP contribution in [0.3, 0.4) is 0 Å². The molecule has 0 aliphatic carbocycles. The normalized spacial score (nSPS) is 23.5. The van der Waals surface area contributed by atoms with E-state index < -0.39 is 0 Å². The highest BCUT2D eigenvalue weighted by atomic mass is 15.3. The minimum atomic E-state index is 0.521. The van der Waals surface area contributed by atoms with Crippen LogP contribution in [0, 0.1) is 0 Å². The lowest BCUT2D eigenvalue weighted by Gasteiger charge is -2.40. The van der Waals surface area contributed by atoms with Gasteiger partial charge in [-0.1, -0.05) is 13.8 Å². The Morgan fingerprint density at radius 3 is 2.79 bits per heavy atom. The van der Waals surface area contributed by atoms with Crippen molar-refractivity contribution < 1.29 is 0 Å². The number of nitrogens with zero attached hydrogens (tertiary/aromatic N) is 4. The number of hydrogen-bond donors (Lipinski definition) is 1. The summed E-state index contributed by atoms with van der Waals surface area (Å²) in [6.45, 7) is 6.53. The van der Waals surface area contributed by atoms with Gasteiger partial charge in [0.15, 0.2) is 0 Å². The molecule has 0 spiro atoms. The molecular formula is C14H25N5. The second-order valence-corrected chi connectivity index (χ2v) is 5.34. The summed E-state index contributed by atoms with van der Waals surface area (Å²) in [5.74, 6) is 1.82. The second kappa shape index (κ2) is 6.19. The maximum absolute atomic E-state index is 4.68. The summed E-state index contributed by atoms with van der Waals surface area (Å²) in [5, 5.41) is 3.61. The monoisotopic (exact) mass is 263 g/mol. The lowest BCUT2D eigenvalue weighted by molar-refractivity contribution is 0.376. The van der Waals surface area contributed by atoms with Gasteiger partial charge >= 0.3 is 0 Å². The molecule has 1 fully saturated rings. The number of rotatable bonds is 4. The molecule has 0 aromatic carbocycles. The number of aromatic nitrogens is 2. The first-order chi connectivity index (χ1) is 9.15. The topological polar surface area (TPSA) is 44.3 Å². The smallest absolute Gasteiger partial charge is 0.226 e. The third-order valence-corrected chi connectivity index (χ3v) is 3.79. The molecule has 1 saturated heterocycles. The molecule has 0 radical (unpaired) electrons. The van der Waals surface area contributed by atoms with E-state index in [0.717, 1.165) is 37.7 Å². The van der Waals surface area contributed by atoms with Crippen molar-refractivity contribution in [2.45, 2.75) is 38.8 Å². The Bertz CT molecular complexity index is 407. The third-order valence-electron chi connectivity index (χ3n) is 3.79. The van der Waals surface area contributed by atoms with Gasteiger partial charge in [0, 0.05) is 45.5 Å². The molecule has 1 aromatic rings. The van der Waals surface area contributed by atoms with Gasteiger partial charge in [-0.05, 0) is 18.9 Å². The Morgan fingerprint density at radius 1 is 1.37 bits per heavy atom. The summed E-state index contributed by atoms with van der Waals surface area (Å²) < 4.78 is 0. The molecule has 1 N–H and O–H groups in total. The van der Waals surface area contributed by atoms with Crippen molar-refractivity contribution in [1.82, 2.24) is 15.3 Å². The molecule has 2 rings (SSSR count). The predicted molar refractivity (Wildman–Crippen MR) is 79.9 cm³/mol. The van der Waals surface area contributed by atoms with Crippen molar-refractivity contribution >= 4 is 11.8 Å². The predicted octanol–water partition coefficient (Wildman–Crippen LogP) is 1.51. The van der Waals surface area contributed by atoms with E-state index in [1.165, 1.54) is 0 Å². The van der Waals surface area contributed by atoms with Gasteiger partial charge < -0.3 is 15.1 Å². The molecule has 5 heteroatoms. The lowest BCUT2D eigenvalue weighted by Crippen LogP contribution is -2.56. The van der Waals surface area contributed by atoms with Crippen LogP contribution in [0.25, 0.3) is 0 Å². The lowest BCUT2D eigenvalue weighted by atomic mass is 10.1. The molecule has 106 valence electrons. The average Bonchev–Trinajstić information content (AvgIpc) is 2.46. The zero-order chi connectivity index (χ0) is 13.8. The molecule has 2 atom stereocenters. The SMILES string of the molecule is CCC1CN(c2ccnc(N(C)C)n2)C(CC)CN1. The van der Waals surface area contributed by atoms with Crippen LogP contribution in [0.4, 0.5) is 11.8 Å².